The van der Waals surface area contributed by atoms with Crippen LogP contribution in [0.4, 0.5) is 0 Å². The van der Waals surface area contributed by atoms with Crippen LogP contribution < -0.4 is 0 Å². The third kappa shape index (κ3) is 1.88. The molecule has 0 atom stereocenters. The van der Waals surface area contributed by atoms with Gasteiger partial charge in [-0.1, -0.05) is 12.1 Å². The maximum atomic E-state index is 9.61. The predicted molar refractivity (Wildman–Crippen MR) is 62.1 cm³/mol. The highest BCUT2D eigenvalue weighted by atomic mass is 16.3. The van der Waals surface area contributed by atoms with E-state index >= 15 is 0 Å². The molecule has 0 saturated carbocycles. The van der Waals surface area contributed by atoms with E-state index in [1.54, 1.807) is 36.4 Å². The van der Waals surface area contributed by atoms with Gasteiger partial charge in [-0.15, -0.1) is 0 Å². The van der Waals surface area contributed by atoms with Crippen LogP contribution >= 0.6 is 0 Å². The average Bonchev–Trinajstić information content (AvgIpc) is 2.30. The lowest BCUT2D eigenvalue weighted by molar-refractivity contribution is 0.474. The zero-order chi connectivity index (χ0) is 11.5. The number of benzene rings is 2. The minimum Gasteiger partial charge on any atom is -0.508 e. The summed E-state index contributed by atoms with van der Waals surface area (Å²) in [6, 6.07) is 13.0. The van der Waals surface area contributed by atoms with Gasteiger partial charge in [0.25, 0.3) is 0 Å². The van der Waals surface area contributed by atoms with Gasteiger partial charge in [0.05, 0.1) is 5.71 Å². The topological polar surface area (TPSA) is 64.3 Å². The first-order chi connectivity index (χ1) is 7.68. The third-order valence-corrected chi connectivity index (χ3v) is 2.33. The molecule has 0 aliphatic rings. The van der Waals surface area contributed by atoms with E-state index in [4.69, 9.17) is 10.5 Å². The molecule has 0 radical (unpaired) electrons. The molecule has 0 bridgehead atoms. The molecule has 80 valence electrons. The highest BCUT2D eigenvalue weighted by Gasteiger charge is 2.08. The highest BCUT2D eigenvalue weighted by molar-refractivity contribution is 6.12. The Hall–Kier alpha value is -2.29. The molecule has 0 unspecified atom stereocenters. The predicted octanol–water partition coefficient (Wildman–Crippen LogP) is 2.51. The molecular weight excluding hydrogens is 202 g/mol. The molecule has 3 heteroatoms. The highest BCUT2D eigenvalue weighted by Crippen LogP contribution is 2.20. The van der Waals surface area contributed by atoms with Crippen LogP contribution in [0.15, 0.2) is 48.5 Å². The summed E-state index contributed by atoms with van der Waals surface area (Å²) in [6.45, 7) is 0. The third-order valence-electron chi connectivity index (χ3n) is 2.33. The molecule has 0 aliphatic heterocycles. The first-order valence-electron chi connectivity index (χ1n) is 4.85. The minimum absolute atomic E-state index is 0.0839. The quantitative estimate of drug-likeness (QED) is 0.671. The van der Waals surface area contributed by atoms with Crippen molar-refractivity contribution >= 4 is 5.71 Å². The molecule has 2 rings (SSSR count). The summed E-state index contributed by atoms with van der Waals surface area (Å²) in [5.74, 6) is 0.245. The van der Waals surface area contributed by atoms with Gasteiger partial charge < -0.3 is 10.2 Å². The lowest BCUT2D eigenvalue weighted by atomic mass is 10.0. The number of aromatic hydroxyl groups is 2. The van der Waals surface area contributed by atoms with Crippen molar-refractivity contribution in [2.75, 3.05) is 0 Å². The Morgan fingerprint density at radius 3 is 2.12 bits per heavy atom. The Morgan fingerprint density at radius 1 is 0.875 bits per heavy atom. The van der Waals surface area contributed by atoms with Gasteiger partial charge in [0.2, 0.25) is 0 Å². The van der Waals surface area contributed by atoms with Crippen molar-refractivity contribution in [3.8, 4) is 11.5 Å². The number of phenolic OH excluding ortho intramolecular Hbond substituents is 2. The monoisotopic (exact) mass is 213 g/mol. The van der Waals surface area contributed by atoms with Gasteiger partial charge in [-0.2, -0.15) is 0 Å². The average molecular weight is 213 g/mol. The second-order valence-corrected chi connectivity index (χ2v) is 3.44. The van der Waals surface area contributed by atoms with E-state index in [-0.39, 0.29) is 17.2 Å². The van der Waals surface area contributed by atoms with Gasteiger partial charge in [0.15, 0.2) is 0 Å². The summed E-state index contributed by atoms with van der Waals surface area (Å²) in [7, 11) is 0. The zero-order valence-corrected chi connectivity index (χ0v) is 8.51. The van der Waals surface area contributed by atoms with Crippen molar-refractivity contribution in [1.29, 1.82) is 5.41 Å². The number of rotatable bonds is 2. The van der Waals surface area contributed by atoms with E-state index in [2.05, 4.69) is 0 Å². The Morgan fingerprint density at radius 2 is 1.50 bits per heavy atom. The second-order valence-electron chi connectivity index (χ2n) is 3.44. The van der Waals surface area contributed by atoms with E-state index in [0.29, 0.717) is 11.1 Å². The van der Waals surface area contributed by atoms with Crippen LogP contribution in [0.1, 0.15) is 11.1 Å². The van der Waals surface area contributed by atoms with Gasteiger partial charge in [0, 0.05) is 11.1 Å². The molecule has 0 heterocycles. The fourth-order valence-corrected chi connectivity index (χ4v) is 1.47. The summed E-state index contributed by atoms with van der Waals surface area (Å²) >= 11 is 0. The van der Waals surface area contributed by atoms with E-state index < -0.39 is 0 Å². The Bertz CT molecular complexity index is 518. The Balaban J connectivity index is 2.40. The molecule has 0 aliphatic carbocycles. The SMILES string of the molecule is N=C(c1ccc(O)cc1)c1ccccc1O. The standard InChI is InChI=1S/C13H11NO2/c14-13(9-5-7-10(15)8-6-9)11-3-1-2-4-12(11)16/h1-8,14-16H. The van der Waals surface area contributed by atoms with Crippen molar-refractivity contribution in [3.63, 3.8) is 0 Å². The van der Waals surface area contributed by atoms with Crippen molar-refractivity contribution in [3.05, 3.63) is 59.7 Å². The molecule has 16 heavy (non-hydrogen) atoms. The number of hydrogen-bond acceptors (Lipinski definition) is 3. The zero-order valence-electron chi connectivity index (χ0n) is 8.51. The molecule has 0 amide bonds. The fourth-order valence-electron chi connectivity index (χ4n) is 1.47. The summed E-state index contributed by atoms with van der Waals surface area (Å²) in [4.78, 5) is 0. The number of nitrogens with one attached hydrogen (secondary N) is 1. The molecule has 2 aromatic rings. The smallest absolute Gasteiger partial charge is 0.124 e. The first-order valence-corrected chi connectivity index (χ1v) is 4.85. The normalized spacial score (nSPS) is 10.0. The van der Waals surface area contributed by atoms with Crippen molar-refractivity contribution in [2.45, 2.75) is 0 Å². The van der Waals surface area contributed by atoms with Gasteiger partial charge >= 0.3 is 0 Å². The maximum Gasteiger partial charge on any atom is 0.124 e. The van der Waals surface area contributed by atoms with Crippen LogP contribution in [0, 0.1) is 5.41 Å². The minimum atomic E-state index is 0.0839. The number of phenols is 2. The summed E-state index contributed by atoms with van der Waals surface area (Å²) in [5.41, 5.74) is 1.37. The van der Waals surface area contributed by atoms with Crippen molar-refractivity contribution in [2.24, 2.45) is 0 Å². The molecule has 0 spiro atoms. The van der Waals surface area contributed by atoms with Gasteiger partial charge in [0.1, 0.15) is 11.5 Å². The molecular formula is C13H11NO2. The largest absolute Gasteiger partial charge is 0.508 e. The van der Waals surface area contributed by atoms with Gasteiger partial charge in [-0.3, -0.25) is 5.41 Å². The molecule has 2 aromatic carbocycles. The van der Waals surface area contributed by atoms with E-state index in [1.807, 2.05) is 0 Å². The number of hydrogen-bond donors (Lipinski definition) is 3. The maximum absolute atomic E-state index is 9.61. The van der Waals surface area contributed by atoms with Crippen LogP contribution in [-0.4, -0.2) is 15.9 Å². The molecule has 0 saturated heterocycles. The van der Waals surface area contributed by atoms with Crippen LogP contribution in [0.5, 0.6) is 11.5 Å². The van der Waals surface area contributed by atoms with Crippen molar-refractivity contribution in [1.82, 2.24) is 0 Å². The van der Waals surface area contributed by atoms with E-state index in [1.165, 1.54) is 12.1 Å². The molecule has 3 nitrogen and oxygen atoms in total. The van der Waals surface area contributed by atoms with Gasteiger partial charge in [-0.25, -0.2) is 0 Å². The van der Waals surface area contributed by atoms with Crippen LogP contribution in [0.25, 0.3) is 0 Å². The molecule has 0 fully saturated rings. The Kier molecular flexibility index (Phi) is 2.60. The number of para-hydroxylation sites is 1. The second kappa shape index (κ2) is 4.06. The van der Waals surface area contributed by atoms with Crippen LogP contribution in [0.3, 0.4) is 0 Å². The summed E-state index contributed by atoms with van der Waals surface area (Å²) < 4.78 is 0. The summed E-state index contributed by atoms with van der Waals surface area (Å²) in [5, 5.41) is 26.7. The Labute approximate surface area is 93.1 Å². The fraction of sp³-hybridized carbons (Fsp3) is 0. The van der Waals surface area contributed by atoms with E-state index in [9.17, 15) is 5.11 Å². The van der Waals surface area contributed by atoms with Crippen LogP contribution in [0.2, 0.25) is 0 Å². The van der Waals surface area contributed by atoms with Crippen molar-refractivity contribution < 1.29 is 10.2 Å². The molecule has 0 aromatic heterocycles. The first kappa shape index (κ1) is 10.2. The van der Waals surface area contributed by atoms with Gasteiger partial charge in [-0.05, 0) is 36.4 Å². The lowest BCUT2D eigenvalue weighted by Gasteiger charge is -2.06. The summed E-state index contributed by atoms with van der Waals surface area (Å²) in [6.07, 6.45) is 0. The van der Waals surface area contributed by atoms with Crippen LogP contribution in [-0.2, 0) is 0 Å². The molecule has 3 N–H and O–H groups in total. The van der Waals surface area contributed by atoms with E-state index in [0.717, 1.165) is 0 Å². The lowest BCUT2D eigenvalue weighted by Crippen LogP contribution is -2.00.